The van der Waals surface area contributed by atoms with Gasteiger partial charge in [-0.25, -0.2) is 0 Å². The van der Waals surface area contributed by atoms with Crippen molar-refractivity contribution in [1.82, 2.24) is 9.80 Å². The monoisotopic (exact) mass is 276 g/mol. The Hall–Kier alpha value is -1.06. The lowest BCUT2D eigenvalue weighted by molar-refractivity contribution is 0.102. The molecule has 3 nitrogen and oxygen atoms in total. The van der Waals surface area contributed by atoms with Crippen LogP contribution in [0.4, 0.5) is 0 Å². The smallest absolute Gasteiger partial charge is 0.118 e. The van der Waals surface area contributed by atoms with Crippen LogP contribution in [0.2, 0.25) is 0 Å². The van der Waals surface area contributed by atoms with E-state index in [2.05, 4.69) is 47.9 Å². The second kappa shape index (κ2) is 7.65. The fourth-order valence-corrected chi connectivity index (χ4v) is 2.87. The van der Waals surface area contributed by atoms with Crippen LogP contribution in [0.15, 0.2) is 24.3 Å². The Kier molecular flexibility index (Phi) is 5.86. The maximum atomic E-state index is 5.20. The molecule has 1 saturated heterocycles. The summed E-state index contributed by atoms with van der Waals surface area (Å²) in [7, 11) is 1.72. The number of aryl methyl sites for hydroxylation is 1. The van der Waals surface area contributed by atoms with Gasteiger partial charge < -0.3 is 9.64 Å². The highest BCUT2D eigenvalue weighted by atomic mass is 16.5. The van der Waals surface area contributed by atoms with Crippen molar-refractivity contribution < 1.29 is 4.74 Å². The highest BCUT2D eigenvalue weighted by Crippen LogP contribution is 2.15. The number of likely N-dealkylation sites (N-methyl/N-ethyl adjacent to an activating group) is 1. The molecular weight excluding hydrogens is 248 g/mol. The zero-order valence-corrected chi connectivity index (χ0v) is 13.1. The molecule has 1 aliphatic rings. The van der Waals surface area contributed by atoms with Crippen LogP contribution in [-0.2, 0) is 6.42 Å². The average molecular weight is 276 g/mol. The van der Waals surface area contributed by atoms with E-state index in [9.17, 15) is 0 Å². The lowest BCUT2D eigenvalue weighted by Crippen LogP contribution is -2.49. The molecule has 0 aromatic heterocycles. The van der Waals surface area contributed by atoms with Crippen LogP contribution in [0.5, 0.6) is 5.75 Å². The predicted molar refractivity (Wildman–Crippen MR) is 84.5 cm³/mol. The minimum atomic E-state index is 0.677. The fraction of sp³-hybridized carbons (Fsp3) is 0.647. The van der Waals surface area contributed by atoms with E-state index >= 15 is 0 Å². The molecule has 0 aliphatic carbocycles. The molecule has 1 heterocycles. The summed E-state index contributed by atoms with van der Waals surface area (Å²) in [5.74, 6) is 0.942. The van der Waals surface area contributed by atoms with Crippen molar-refractivity contribution in [3.63, 3.8) is 0 Å². The Balaban J connectivity index is 1.75. The van der Waals surface area contributed by atoms with Crippen LogP contribution in [0.1, 0.15) is 25.8 Å². The van der Waals surface area contributed by atoms with Gasteiger partial charge in [-0.3, -0.25) is 4.90 Å². The molecule has 0 radical (unpaired) electrons. The SMILES string of the molecule is CCN1CCN([C@@H](C)CCc2ccc(OC)cc2)CC1. The first-order valence-electron chi connectivity index (χ1n) is 7.82. The predicted octanol–water partition coefficient (Wildman–Crippen LogP) is 2.65. The molecule has 1 atom stereocenters. The van der Waals surface area contributed by atoms with Crippen molar-refractivity contribution in [3.05, 3.63) is 29.8 Å². The molecule has 0 bridgehead atoms. The van der Waals surface area contributed by atoms with E-state index in [0.717, 1.165) is 12.2 Å². The molecule has 1 aromatic rings. The molecular formula is C17H28N2O. The molecule has 0 spiro atoms. The number of benzene rings is 1. The van der Waals surface area contributed by atoms with Crippen molar-refractivity contribution >= 4 is 0 Å². The third-order valence-electron chi connectivity index (χ3n) is 4.49. The van der Waals surface area contributed by atoms with Crippen LogP contribution in [-0.4, -0.2) is 55.7 Å². The summed E-state index contributed by atoms with van der Waals surface area (Å²) in [5.41, 5.74) is 1.41. The lowest BCUT2D eigenvalue weighted by atomic mass is 10.0. The van der Waals surface area contributed by atoms with Crippen LogP contribution >= 0.6 is 0 Å². The minimum absolute atomic E-state index is 0.677. The van der Waals surface area contributed by atoms with E-state index < -0.39 is 0 Å². The number of piperazine rings is 1. The van der Waals surface area contributed by atoms with Gasteiger partial charge in [-0.2, -0.15) is 0 Å². The summed E-state index contributed by atoms with van der Waals surface area (Å²) in [6.45, 7) is 10.7. The molecule has 0 unspecified atom stereocenters. The number of methoxy groups -OCH3 is 1. The first-order chi connectivity index (χ1) is 9.72. The van der Waals surface area contributed by atoms with Gasteiger partial charge in [-0.15, -0.1) is 0 Å². The zero-order chi connectivity index (χ0) is 14.4. The van der Waals surface area contributed by atoms with E-state index in [0.29, 0.717) is 6.04 Å². The van der Waals surface area contributed by atoms with E-state index in [1.807, 2.05) is 0 Å². The van der Waals surface area contributed by atoms with Crippen LogP contribution < -0.4 is 4.74 Å². The van der Waals surface area contributed by atoms with Crippen LogP contribution in [0, 0.1) is 0 Å². The molecule has 1 aliphatic heterocycles. The Bertz CT molecular complexity index is 382. The van der Waals surface area contributed by atoms with Gasteiger partial charge in [0.1, 0.15) is 5.75 Å². The lowest BCUT2D eigenvalue weighted by Gasteiger charge is -2.37. The summed E-state index contributed by atoms with van der Waals surface area (Å²) >= 11 is 0. The summed E-state index contributed by atoms with van der Waals surface area (Å²) in [5, 5.41) is 0. The first kappa shape index (κ1) is 15.3. The molecule has 0 saturated carbocycles. The van der Waals surface area contributed by atoms with Crippen molar-refractivity contribution in [1.29, 1.82) is 0 Å². The number of rotatable bonds is 6. The summed E-state index contributed by atoms with van der Waals surface area (Å²) in [6.07, 6.45) is 2.39. The van der Waals surface area contributed by atoms with Gasteiger partial charge in [0.15, 0.2) is 0 Å². The number of ether oxygens (including phenoxy) is 1. The van der Waals surface area contributed by atoms with Gasteiger partial charge in [0.2, 0.25) is 0 Å². The minimum Gasteiger partial charge on any atom is -0.497 e. The third-order valence-corrected chi connectivity index (χ3v) is 4.49. The second-order valence-electron chi connectivity index (χ2n) is 5.71. The van der Waals surface area contributed by atoms with Gasteiger partial charge in [-0.1, -0.05) is 19.1 Å². The first-order valence-corrected chi connectivity index (χ1v) is 7.82. The topological polar surface area (TPSA) is 15.7 Å². The zero-order valence-electron chi connectivity index (χ0n) is 13.1. The molecule has 20 heavy (non-hydrogen) atoms. The quantitative estimate of drug-likeness (QED) is 0.794. The van der Waals surface area contributed by atoms with E-state index in [1.165, 1.54) is 44.7 Å². The number of hydrogen-bond donors (Lipinski definition) is 0. The Morgan fingerprint density at radius 2 is 1.75 bits per heavy atom. The summed E-state index contributed by atoms with van der Waals surface area (Å²) in [4.78, 5) is 5.17. The fourth-order valence-electron chi connectivity index (χ4n) is 2.87. The molecule has 1 fully saturated rings. The molecule has 3 heteroatoms. The van der Waals surface area contributed by atoms with E-state index in [-0.39, 0.29) is 0 Å². The van der Waals surface area contributed by atoms with Crippen LogP contribution in [0.25, 0.3) is 0 Å². The molecule has 0 amide bonds. The van der Waals surface area contributed by atoms with Gasteiger partial charge in [0, 0.05) is 32.2 Å². The number of nitrogens with zero attached hydrogens (tertiary/aromatic N) is 2. The van der Waals surface area contributed by atoms with Gasteiger partial charge in [0.05, 0.1) is 7.11 Å². The highest BCUT2D eigenvalue weighted by Gasteiger charge is 2.19. The molecule has 112 valence electrons. The van der Waals surface area contributed by atoms with Crippen LogP contribution in [0.3, 0.4) is 0 Å². The molecule has 0 N–H and O–H groups in total. The van der Waals surface area contributed by atoms with Gasteiger partial charge >= 0.3 is 0 Å². The van der Waals surface area contributed by atoms with Gasteiger partial charge in [0.25, 0.3) is 0 Å². The number of hydrogen-bond acceptors (Lipinski definition) is 3. The Labute approximate surface area is 123 Å². The van der Waals surface area contributed by atoms with Crippen molar-refractivity contribution in [3.8, 4) is 5.75 Å². The average Bonchev–Trinajstić information content (AvgIpc) is 2.53. The largest absolute Gasteiger partial charge is 0.497 e. The molecule has 2 rings (SSSR count). The molecule has 1 aromatic carbocycles. The summed E-state index contributed by atoms with van der Waals surface area (Å²) in [6, 6.07) is 9.15. The van der Waals surface area contributed by atoms with Crippen molar-refractivity contribution in [2.75, 3.05) is 39.8 Å². The van der Waals surface area contributed by atoms with E-state index in [1.54, 1.807) is 7.11 Å². The standard InChI is InChI=1S/C17H28N2O/c1-4-18-11-13-19(14-12-18)15(2)5-6-16-7-9-17(20-3)10-8-16/h7-10,15H,4-6,11-14H2,1-3H3/t15-/m0/s1. The normalized spacial score (nSPS) is 18.9. The highest BCUT2D eigenvalue weighted by molar-refractivity contribution is 5.27. The van der Waals surface area contributed by atoms with Gasteiger partial charge in [-0.05, 0) is 44.0 Å². The second-order valence-corrected chi connectivity index (χ2v) is 5.71. The van der Waals surface area contributed by atoms with Crippen molar-refractivity contribution in [2.45, 2.75) is 32.7 Å². The maximum Gasteiger partial charge on any atom is 0.118 e. The maximum absolute atomic E-state index is 5.20. The van der Waals surface area contributed by atoms with Crippen molar-refractivity contribution in [2.24, 2.45) is 0 Å². The third kappa shape index (κ3) is 4.22. The Morgan fingerprint density at radius 1 is 1.10 bits per heavy atom. The van der Waals surface area contributed by atoms with E-state index in [4.69, 9.17) is 4.74 Å². The summed E-state index contributed by atoms with van der Waals surface area (Å²) < 4.78 is 5.20. The Morgan fingerprint density at radius 3 is 2.30 bits per heavy atom.